The fraction of sp³-hybridized carbons (Fsp3) is 0.321. The maximum Gasteiger partial charge on any atom is 0.412 e. The Morgan fingerprint density at radius 2 is 1.01 bits per heavy atom. The van der Waals surface area contributed by atoms with Crippen molar-refractivity contribution in [2.24, 2.45) is 5.73 Å². The smallest absolute Gasteiger partial charge is 0.412 e. The zero-order chi connectivity index (χ0) is 50.0. The monoisotopic (exact) mass is 958 g/mol. The summed E-state index contributed by atoms with van der Waals surface area (Å²) < 4.78 is 15.5. The van der Waals surface area contributed by atoms with Crippen molar-refractivity contribution in [2.75, 3.05) is 17.6 Å². The van der Waals surface area contributed by atoms with Gasteiger partial charge in [-0.15, -0.1) is 11.8 Å². The molecule has 5 aromatic rings. The Morgan fingerprint density at radius 3 is 1.48 bits per heavy atom. The maximum atomic E-state index is 14.0. The standard InChI is InChI=1S/C53H62N6O9S/c1-51(2,3)67-49(64)58-42(46(61)57-44(45(54)60)35-69-53(37-20-11-7-12-21-37,38-22-13-8-14-23-38)39-24-15-9-16-25-39)28-19-33-55-48(63)66-41-31-29-36(30-32-41)34-43(59-50(65)68-52(4,5)6)47(62)56-40-26-17-10-18-27-40/h7-18,20-27,29-32,42-44H,19,28,33-35H2,1-6H3,(H2,54,60)(H,55,63)(H,56,62)(H,57,61)(H,58,64)(H,59,65)/t42-,43-,44-/m0/s1. The predicted octanol–water partition coefficient (Wildman–Crippen LogP) is 8.22. The molecule has 0 unspecified atom stereocenters. The third-order valence-corrected chi connectivity index (χ3v) is 11.9. The highest BCUT2D eigenvalue weighted by atomic mass is 32.2. The molecule has 15 nitrogen and oxygen atoms in total. The lowest BCUT2D eigenvalue weighted by molar-refractivity contribution is -0.128. The molecule has 5 aromatic carbocycles. The molecule has 16 heteroatoms. The van der Waals surface area contributed by atoms with Crippen molar-refractivity contribution in [3.63, 3.8) is 0 Å². The third kappa shape index (κ3) is 16.7. The van der Waals surface area contributed by atoms with Gasteiger partial charge in [-0.3, -0.25) is 14.4 Å². The van der Waals surface area contributed by atoms with Crippen LogP contribution >= 0.6 is 11.8 Å². The van der Waals surface area contributed by atoms with E-state index in [0.717, 1.165) is 16.7 Å². The molecule has 6 amide bonds. The van der Waals surface area contributed by atoms with Crippen molar-refractivity contribution in [3.05, 3.63) is 168 Å². The van der Waals surface area contributed by atoms with Crippen molar-refractivity contribution in [1.29, 1.82) is 0 Å². The molecule has 5 rings (SSSR count). The van der Waals surface area contributed by atoms with E-state index >= 15 is 0 Å². The Bertz CT molecular complexity index is 2370. The van der Waals surface area contributed by atoms with Gasteiger partial charge in [0.25, 0.3) is 0 Å². The van der Waals surface area contributed by atoms with Gasteiger partial charge in [-0.1, -0.05) is 121 Å². The second kappa shape index (κ2) is 24.6. The summed E-state index contributed by atoms with van der Waals surface area (Å²) >= 11 is 1.45. The second-order valence-electron chi connectivity index (χ2n) is 18.1. The number of thioether (sulfide) groups is 1. The highest BCUT2D eigenvalue weighted by molar-refractivity contribution is 8.00. The molecule has 0 saturated heterocycles. The number of amides is 6. The van der Waals surface area contributed by atoms with Crippen molar-refractivity contribution in [3.8, 4) is 5.75 Å². The van der Waals surface area contributed by atoms with Crippen LogP contribution in [0.5, 0.6) is 5.75 Å². The topological polar surface area (TPSA) is 216 Å². The van der Waals surface area contributed by atoms with Gasteiger partial charge in [0.05, 0.1) is 4.75 Å². The zero-order valence-electron chi connectivity index (χ0n) is 39.8. The Labute approximate surface area is 408 Å². The van der Waals surface area contributed by atoms with Gasteiger partial charge in [0, 0.05) is 24.4 Å². The molecule has 0 fully saturated rings. The molecule has 0 bridgehead atoms. The van der Waals surface area contributed by atoms with Crippen LogP contribution in [0.1, 0.15) is 76.6 Å². The molecule has 69 heavy (non-hydrogen) atoms. The third-order valence-electron chi connectivity index (χ3n) is 10.2. The summed E-state index contributed by atoms with van der Waals surface area (Å²) in [6.45, 7) is 10.3. The van der Waals surface area contributed by atoms with E-state index in [1.807, 2.05) is 97.1 Å². The molecule has 0 aliphatic heterocycles. The normalized spacial score (nSPS) is 12.8. The van der Waals surface area contributed by atoms with Gasteiger partial charge >= 0.3 is 18.3 Å². The lowest BCUT2D eigenvalue weighted by Gasteiger charge is -2.36. The van der Waals surface area contributed by atoms with Gasteiger partial charge in [0.15, 0.2) is 0 Å². The van der Waals surface area contributed by atoms with E-state index in [0.29, 0.717) is 11.3 Å². The summed E-state index contributed by atoms with van der Waals surface area (Å²) in [5.74, 6) is -1.61. The lowest BCUT2D eigenvalue weighted by Crippen LogP contribution is -2.54. The van der Waals surface area contributed by atoms with Crippen LogP contribution in [-0.2, 0) is 35.0 Å². The minimum atomic E-state index is -1.18. The van der Waals surface area contributed by atoms with Crippen LogP contribution in [0, 0.1) is 0 Å². The number of primary amides is 1. The number of hydrogen-bond acceptors (Lipinski definition) is 10. The Morgan fingerprint density at radius 1 is 0.551 bits per heavy atom. The van der Waals surface area contributed by atoms with E-state index in [9.17, 15) is 28.8 Å². The molecule has 0 saturated carbocycles. The number of alkyl carbamates (subject to hydrolysis) is 2. The number of hydrogen-bond donors (Lipinski definition) is 6. The average Bonchev–Trinajstić information content (AvgIpc) is 3.30. The van der Waals surface area contributed by atoms with Crippen LogP contribution in [0.25, 0.3) is 0 Å². The fourth-order valence-electron chi connectivity index (χ4n) is 7.14. The van der Waals surface area contributed by atoms with Gasteiger partial charge in [0.1, 0.15) is 35.1 Å². The number of nitrogens with one attached hydrogen (secondary N) is 5. The van der Waals surface area contributed by atoms with Crippen molar-refractivity contribution >= 4 is 53.5 Å². The highest BCUT2D eigenvalue weighted by Gasteiger charge is 2.39. The van der Waals surface area contributed by atoms with Crippen LogP contribution in [0.2, 0.25) is 0 Å². The van der Waals surface area contributed by atoms with Gasteiger partial charge < -0.3 is 46.5 Å². The van der Waals surface area contributed by atoms with Gasteiger partial charge in [-0.05, 0) is 101 Å². The molecule has 364 valence electrons. The van der Waals surface area contributed by atoms with Crippen molar-refractivity contribution < 1.29 is 43.0 Å². The van der Waals surface area contributed by atoms with E-state index in [1.165, 1.54) is 11.8 Å². The first kappa shape index (κ1) is 52.6. The zero-order valence-corrected chi connectivity index (χ0v) is 40.6. The van der Waals surface area contributed by atoms with Crippen LogP contribution < -0.4 is 37.1 Å². The largest absolute Gasteiger partial charge is 0.444 e. The van der Waals surface area contributed by atoms with E-state index in [2.05, 4.69) is 26.6 Å². The van der Waals surface area contributed by atoms with Crippen LogP contribution in [-0.4, -0.2) is 77.6 Å². The van der Waals surface area contributed by atoms with Crippen molar-refractivity contribution in [2.45, 2.75) is 94.9 Å². The molecule has 0 aliphatic carbocycles. The Balaban J connectivity index is 1.22. The molecular weight excluding hydrogens is 897 g/mol. The SMILES string of the molecule is CC(C)(C)OC(=O)N[C@@H](Cc1ccc(OC(=O)NCCC[C@H](NC(=O)OC(C)(C)C)C(=O)N[C@@H](CSC(c2ccccc2)(c2ccccc2)c2ccccc2)C(N)=O)cc1)C(=O)Nc1ccccc1. The molecule has 0 heterocycles. The first-order valence-corrected chi connectivity index (χ1v) is 23.6. The van der Waals surface area contributed by atoms with Gasteiger partial charge in [-0.2, -0.15) is 0 Å². The number of para-hydroxylation sites is 1. The number of benzene rings is 5. The highest BCUT2D eigenvalue weighted by Crippen LogP contribution is 2.48. The lowest BCUT2D eigenvalue weighted by atomic mass is 9.84. The second-order valence-corrected chi connectivity index (χ2v) is 19.3. The number of ether oxygens (including phenoxy) is 3. The predicted molar refractivity (Wildman–Crippen MR) is 268 cm³/mol. The van der Waals surface area contributed by atoms with Gasteiger partial charge in [-0.25, -0.2) is 14.4 Å². The summed E-state index contributed by atoms with van der Waals surface area (Å²) in [6, 6.07) is 41.6. The molecular formula is C53H62N6O9S. The summed E-state index contributed by atoms with van der Waals surface area (Å²) in [7, 11) is 0. The summed E-state index contributed by atoms with van der Waals surface area (Å²) in [5, 5.41) is 13.5. The fourth-order valence-corrected chi connectivity index (χ4v) is 8.71. The molecule has 0 spiro atoms. The number of anilines is 1. The molecule has 0 radical (unpaired) electrons. The maximum absolute atomic E-state index is 14.0. The van der Waals surface area contributed by atoms with Crippen LogP contribution in [0.3, 0.4) is 0 Å². The quantitative estimate of drug-likeness (QED) is 0.0325. The van der Waals surface area contributed by atoms with Gasteiger partial charge in [0.2, 0.25) is 17.7 Å². The molecule has 0 aliphatic rings. The first-order valence-electron chi connectivity index (χ1n) is 22.6. The van der Waals surface area contributed by atoms with Crippen LogP contribution in [0.4, 0.5) is 20.1 Å². The number of rotatable bonds is 20. The Hall–Kier alpha value is -7.33. The van der Waals surface area contributed by atoms with Crippen LogP contribution in [0.15, 0.2) is 146 Å². The average molecular weight is 959 g/mol. The number of carbonyl (C=O) groups is 6. The minimum absolute atomic E-state index is 0.0387. The minimum Gasteiger partial charge on any atom is -0.444 e. The summed E-state index contributed by atoms with van der Waals surface area (Å²) in [6.07, 6.45) is -2.03. The van der Waals surface area contributed by atoms with Crippen molar-refractivity contribution in [1.82, 2.24) is 21.3 Å². The van der Waals surface area contributed by atoms with E-state index in [1.54, 1.807) is 90.1 Å². The van der Waals surface area contributed by atoms with E-state index < -0.39 is 70.1 Å². The summed E-state index contributed by atoms with van der Waals surface area (Å²) in [5.41, 5.74) is 8.40. The number of nitrogens with two attached hydrogens (primary N) is 1. The molecule has 7 N–H and O–H groups in total. The molecule has 3 atom stereocenters. The van der Waals surface area contributed by atoms with E-state index in [-0.39, 0.29) is 37.3 Å². The first-order chi connectivity index (χ1) is 32.8. The van der Waals surface area contributed by atoms with E-state index in [4.69, 9.17) is 19.9 Å². The summed E-state index contributed by atoms with van der Waals surface area (Å²) in [4.78, 5) is 79.0. The molecule has 0 aromatic heterocycles. The number of carbonyl (C=O) groups excluding carboxylic acids is 6. The Kier molecular flexibility index (Phi) is 18.8.